The van der Waals surface area contributed by atoms with Crippen molar-refractivity contribution in [2.24, 2.45) is 5.92 Å². The van der Waals surface area contributed by atoms with Crippen LogP contribution in [0.3, 0.4) is 0 Å². The largest absolute Gasteiger partial charge is 0.497 e. The SMILES string of the molecule is COc1ccc(CCN2C(=O)N[C@@H](CC(=O)N[C@@H](CO)C(C)C)C2=O)cc1. The van der Waals surface area contributed by atoms with Crippen LogP contribution in [0.5, 0.6) is 5.75 Å². The van der Waals surface area contributed by atoms with Crippen molar-refractivity contribution in [1.82, 2.24) is 15.5 Å². The second-order valence-electron chi connectivity index (χ2n) is 6.89. The fourth-order valence-corrected chi connectivity index (χ4v) is 2.83. The Bertz CT molecular complexity index is 674. The first-order valence-electron chi connectivity index (χ1n) is 9.00. The number of carbonyl (C=O) groups excluding carboxylic acids is 3. The molecule has 1 fully saturated rings. The smallest absolute Gasteiger partial charge is 0.324 e. The predicted octanol–water partition coefficient (Wildman–Crippen LogP) is 0.681. The summed E-state index contributed by atoms with van der Waals surface area (Å²) in [5, 5.41) is 14.5. The Balaban J connectivity index is 1.88. The van der Waals surface area contributed by atoms with E-state index in [1.165, 1.54) is 0 Å². The number of rotatable bonds is 9. The van der Waals surface area contributed by atoms with Gasteiger partial charge in [-0.05, 0) is 30.0 Å². The first kappa shape index (κ1) is 20.7. The van der Waals surface area contributed by atoms with E-state index in [4.69, 9.17) is 4.74 Å². The average Bonchev–Trinajstić information content (AvgIpc) is 2.91. The number of urea groups is 1. The van der Waals surface area contributed by atoms with E-state index in [1.54, 1.807) is 7.11 Å². The maximum atomic E-state index is 12.5. The van der Waals surface area contributed by atoms with Gasteiger partial charge in [0.25, 0.3) is 5.91 Å². The van der Waals surface area contributed by atoms with Crippen molar-refractivity contribution in [2.75, 3.05) is 20.3 Å². The molecule has 4 amide bonds. The highest BCUT2D eigenvalue weighted by Gasteiger charge is 2.38. The zero-order chi connectivity index (χ0) is 20.0. The lowest BCUT2D eigenvalue weighted by Gasteiger charge is -2.20. The van der Waals surface area contributed by atoms with E-state index in [9.17, 15) is 19.5 Å². The van der Waals surface area contributed by atoms with E-state index in [1.807, 2.05) is 38.1 Å². The highest BCUT2D eigenvalue weighted by Crippen LogP contribution is 2.14. The van der Waals surface area contributed by atoms with Crippen molar-refractivity contribution >= 4 is 17.8 Å². The third kappa shape index (κ3) is 5.43. The number of aliphatic hydroxyl groups excluding tert-OH is 1. The maximum Gasteiger partial charge on any atom is 0.324 e. The van der Waals surface area contributed by atoms with Gasteiger partial charge in [-0.2, -0.15) is 0 Å². The number of hydrogen-bond donors (Lipinski definition) is 3. The number of imide groups is 1. The van der Waals surface area contributed by atoms with E-state index in [0.29, 0.717) is 6.42 Å². The fraction of sp³-hybridized carbons (Fsp3) is 0.526. The quantitative estimate of drug-likeness (QED) is 0.549. The van der Waals surface area contributed by atoms with E-state index >= 15 is 0 Å². The van der Waals surface area contributed by atoms with Crippen LogP contribution in [0, 0.1) is 5.92 Å². The minimum atomic E-state index is -0.875. The van der Waals surface area contributed by atoms with Gasteiger partial charge >= 0.3 is 6.03 Å². The van der Waals surface area contributed by atoms with Crippen LogP contribution in [0.25, 0.3) is 0 Å². The molecule has 0 radical (unpaired) electrons. The van der Waals surface area contributed by atoms with E-state index < -0.39 is 18.0 Å². The van der Waals surface area contributed by atoms with Crippen LogP contribution in [0.1, 0.15) is 25.8 Å². The number of benzene rings is 1. The molecule has 2 rings (SSSR count). The number of ether oxygens (including phenoxy) is 1. The minimum Gasteiger partial charge on any atom is -0.497 e. The number of aliphatic hydroxyl groups is 1. The monoisotopic (exact) mass is 377 g/mol. The Kier molecular flexibility index (Phi) is 7.18. The third-order valence-corrected chi connectivity index (χ3v) is 4.63. The summed E-state index contributed by atoms with van der Waals surface area (Å²) in [5.41, 5.74) is 0.973. The third-order valence-electron chi connectivity index (χ3n) is 4.63. The van der Waals surface area contributed by atoms with Gasteiger partial charge in [-0.15, -0.1) is 0 Å². The van der Waals surface area contributed by atoms with Gasteiger partial charge in [-0.1, -0.05) is 26.0 Å². The molecular formula is C19H27N3O5. The molecule has 1 aliphatic rings. The zero-order valence-electron chi connectivity index (χ0n) is 15.9. The summed E-state index contributed by atoms with van der Waals surface area (Å²) in [7, 11) is 1.59. The molecule has 1 aliphatic heterocycles. The molecule has 0 saturated carbocycles. The maximum absolute atomic E-state index is 12.5. The fourth-order valence-electron chi connectivity index (χ4n) is 2.83. The normalized spacial score (nSPS) is 17.8. The Morgan fingerprint density at radius 3 is 2.52 bits per heavy atom. The highest BCUT2D eigenvalue weighted by atomic mass is 16.5. The first-order chi connectivity index (χ1) is 12.8. The lowest BCUT2D eigenvalue weighted by Crippen LogP contribution is -2.44. The summed E-state index contributed by atoms with van der Waals surface area (Å²) in [6, 6.07) is 5.65. The van der Waals surface area contributed by atoms with Gasteiger partial charge in [0.1, 0.15) is 11.8 Å². The van der Waals surface area contributed by atoms with Gasteiger partial charge in [0, 0.05) is 6.54 Å². The molecule has 0 spiro atoms. The highest BCUT2D eigenvalue weighted by molar-refractivity contribution is 6.05. The number of hydrogen-bond acceptors (Lipinski definition) is 5. The molecule has 148 valence electrons. The second-order valence-corrected chi connectivity index (χ2v) is 6.89. The van der Waals surface area contributed by atoms with Crippen LogP contribution in [-0.2, 0) is 16.0 Å². The van der Waals surface area contributed by atoms with Gasteiger partial charge in [-0.3, -0.25) is 14.5 Å². The van der Waals surface area contributed by atoms with Gasteiger partial charge in [-0.25, -0.2) is 4.79 Å². The van der Waals surface area contributed by atoms with Crippen molar-refractivity contribution in [2.45, 2.75) is 38.8 Å². The number of carbonyl (C=O) groups is 3. The number of amides is 4. The van der Waals surface area contributed by atoms with Crippen molar-refractivity contribution in [3.8, 4) is 5.75 Å². The van der Waals surface area contributed by atoms with Gasteiger partial charge in [0.2, 0.25) is 5.91 Å². The molecule has 8 heteroatoms. The lowest BCUT2D eigenvalue weighted by molar-refractivity contribution is -0.131. The van der Waals surface area contributed by atoms with Gasteiger partial charge in [0.05, 0.1) is 26.2 Å². The molecule has 2 atom stereocenters. The van der Waals surface area contributed by atoms with E-state index in [-0.39, 0.29) is 37.4 Å². The van der Waals surface area contributed by atoms with Crippen molar-refractivity contribution < 1.29 is 24.2 Å². The number of methoxy groups -OCH3 is 1. The van der Waals surface area contributed by atoms with Crippen LogP contribution < -0.4 is 15.4 Å². The predicted molar refractivity (Wildman–Crippen MR) is 99.2 cm³/mol. The summed E-state index contributed by atoms with van der Waals surface area (Å²) in [4.78, 5) is 37.8. The van der Waals surface area contributed by atoms with Crippen LogP contribution in [0.4, 0.5) is 4.79 Å². The van der Waals surface area contributed by atoms with Crippen LogP contribution >= 0.6 is 0 Å². The molecule has 1 saturated heterocycles. The van der Waals surface area contributed by atoms with Gasteiger partial charge < -0.3 is 20.5 Å². The summed E-state index contributed by atoms with van der Waals surface area (Å²) >= 11 is 0. The molecule has 3 N–H and O–H groups in total. The lowest BCUT2D eigenvalue weighted by atomic mass is 10.0. The summed E-state index contributed by atoms with van der Waals surface area (Å²) < 4.78 is 5.10. The molecule has 8 nitrogen and oxygen atoms in total. The minimum absolute atomic E-state index is 0.0637. The summed E-state index contributed by atoms with van der Waals surface area (Å²) in [6.07, 6.45) is 0.370. The van der Waals surface area contributed by atoms with Gasteiger partial charge in [0.15, 0.2) is 0 Å². The molecule has 1 heterocycles. The molecule has 27 heavy (non-hydrogen) atoms. The number of nitrogens with one attached hydrogen (secondary N) is 2. The molecule has 0 aromatic heterocycles. The number of nitrogens with zero attached hydrogens (tertiary/aromatic N) is 1. The molecule has 1 aromatic carbocycles. The topological polar surface area (TPSA) is 108 Å². The Labute approximate surface area is 158 Å². The first-order valence-corrected chi connectivity index (χ1v) is 9.00. The molecule has 0 aliphatic carbocycles. The Morgan fingerprint density at radius 1 is 1.30 bits per heavy atom. The summed E-state index contributed by atoms with van der Waals surface area (Å²) in [6.45, 7) is 3.82. The molecule has 1 aromatic rings. The standard InChI is InChI=1S/C19H27N3O5/c1-12(2)16(11-23)20-17(24)10-15-18(25)22(19(26)21-15)9-8-13-4-6-14(27-3)7-5-13/h4-7,12,15-16,23H,8-11H2,1-3H3,(H,20,24)(H,21,26)/t15-,16-/m0/s1. The molecule has 0 bridgehead atoms. The van der Waals surface area contributed by atoms with Crippen LogP contribution in [0.15, 0.2) is 24.3 Å². The van der Waals surface area contributed by atoms with Crippen molar-refractivity contribution in [3.05, 3.63) is 29.8 Å². The van der Waals surface area contributed by atoms with Crippen molar-refractivity contribution in [3.63, 3.8) is 0 Å². The van der Waals surface area contributed by atoms with Crippen molar-refractivity contribution in [1.29, 1.82) is 0 Å². The Hall–Kier alpha value is -2.61. The van der Waals surface area contributed by atoms with E-state index in [0.717, 1.165) is 16.2 Å². The molecular weight excluding hydrogens is 350 g/mol. The van der Waals surface area contributed by atoms with E-state index in [2.05, 4.69) is 10.6 Å². The zero-order valence-corrected chi connectivity index (χ0v) is 15.9. The van der Waals surface area contributed by atoms with Crippen LogP contribution in [-0.4, -0.2) is 60.2 Å². The van der Waals surface area contributed by atoms with Crippen LogP contribution in [0.2, 0.25) is 0 Å². The summed E-state index contributed by atoms with van der Waals surface area (Å²) in [5.74, 6) is 0.0170. The second kappa shape index (κ2) is 9.36. The average molecular weight is 377 g/mol. The Morgan fingerprint density at radius 2 is 1.96 bits per heavy atom. The molecule has 0 unspecified atom stereocenters.